The van der Waals surface area contributed by atoms with Crippen LogP contribution in [0.2, 0.25) is 0 Å². The molecule has 1 unspecified atom stereocenters. The van der Waals surface area contributed by atoms with Gasteiger partial charge in [-0.1, -0.05) is 44.2 Å². The molecule has 0 aromatic heterocycles. The topological polar surface area (TPSA) is 52.6 Å². The van der Waals surface area contributed by atoms with Gasteiger partial charge in [-0.25, -0.2) is 4.79 Å². The van der Waals surface area contributed by atoms with Crippen molar-refractivity contribution < 1.29 is 9.90 Å². The van der Waals surface area contributed by atoms with E-state index in [1.807, 2.05) is 35.2 Å². The van der Waals surface area contributed by atoms with E-state index in [2.05, 4.69) is 19.2 Å². The lowest BCUT2D eigenvalue weighted by Crippen LogP contribution is -2.45. The number of urea groups is 1. The minimum atomic E-state index is -0.424. The number of nitrogens with zero attached hydrogens (tertiary/aromatic N) is 1. The Labute approximate surface area is 133 Å². The molecule has 1 saturated heterocycles. The maximum absolute atomic E-state index is 12.1. The molecule has 1 aliphatic rings. The van der Waals surface area contributed by atoms with Crippen LogP contribution in [0.25, 0.3) is 0 Å². The zero-order valence-electron chi connectivity index (χ0n) is 13.7. The molecule has 0 saturated carbocycles. The molecule has 0 radical (unpaired) electrons. The Morgan fingerprint density at radius 2 is 1.91 bits per heavy atom. The van der Waals surface area contributed by atoms with E-state index in [-0.39, 0.29) is 11.9 Å². The van der Waals surface area contributed by atoms with Gasteiger partial charge in [0.05, 0.1) is 6.10 Å². The molecule has 1 heterocycles. The number of carbonyl (C=O) groups is 1. The number of benzene rings is 1. The van der Waals surface area contributed by atoms with E-state index in [0.29, 0.717) is 5.92 Å². The predicted octanol–water partition coefficient (Wildman–Crippen LogP) is 3.19. The first-order valence-corrected chi connectivity index (χ1v) is 8.33. The first-order chi connectivity index (χ1) is 10.6. The summed E-state index contributed by atoms with van der Waals surface area (Å²) < 4.78 is 0. The van der Waals surface area contributed by atoms with E-state index >= 15 is 0 Å². The number of hydrogen-bond acceptors (Lipinski definition) is 2. The monoisotopic (exact) mass is 304 g/mol. The lowest BCUT2D eigenvalue weighted by atomic mass is 9.87. The zero-order chi connectivity index (χ0) is 15.9. The van der Waals surface area contributed by atoms with E-state index in [0.717, 1.165) is 44.5 Å². The second-order valence-electron chi connectivity index (χ2n) is 6.59. The summed E-state index contributed by atoms with van der Waals surface area (Å²) in [5.74, 6) is 0.842. The van der Waals surface area contributed by atoms with Crippen molar-refractivity contribution in [3.05, 3.63) is 35.9 Å². The summed E-state index contributed by atoms with van der Waals surface area (Å²) in [6.45, 7) is 6.50. The molecule has 2 amide bonds. The lowest BCUT2D eigenvalue weighted by Gasteiger charge is -2.34. The first-order valence-electron chi connectivity index (χ1n) is 8.33. The van der Waals surface area contributed by atoms with Crippen LogP contribution in [0.3, 0.4) is 0 Å². The van der Waals surface area contributed by atoms with Gasteiger partial charge in [0.1, 0.15) is 0 Å². The molecule has 2 N–H and O–H groups in total. The second-order valence-corrected chi connectivity index (χ2v) is 6.59. The van der Waals surface area contributed by atoms with Crippen LogP contribution < -0.4 is 5.32 Å². The maximum Gasteiger partial charge on any atom is 0.317 e. The van der Waals surface area contributed by atoms with Gasteiger partial charge in [0, 0.05) is 19.6 Å². The van der Waals surface area contributed by atoms with Crippen molar-refractivity contribution in [3.8, 4) is 0 Å². The largest absolute Gasteiger partial charge is 0.388 e. The number of hydrogen-bond donors (Lipinski definition) is 2. The molecule has 1 fully saturated rings. The van der Waals surface area contributed by atoms with Gasteiger partial charge in [0.25, 0.3) is 0 Å². The lowest BCUT2D eigenvalue weighted by molar-refractivity contribution is 0.0665. The van der Waals surface area contributed by atoms with Crippen LogP contribution in [-0.4, -0.2) is 35.7 Å². The van der Waals surface area contributed by atoms with Gasteiger partial charge in [0.2, 0.25) is 0 Å². The van der Waals surface area contributed by atoms with Crippen LogP contribution in [0.5, 0.6) is 0 Å². The first kappa shape index (κ1) is 16.8. The summed E-state index contributed by atoms with van der Waals surface area (Å²) in [6.07, 6.45) is 2.29. The fourth-order valence-corrected chi connectivity index (χ4v) is 2.92. The minimum Gasteiger partial charge on any atom is -0.388 e. The molecule has 1 aromatic carbocycles. The van der Waals surface area contributed by atoms with Crippen LogP contribution >= 0.6 is 0 Å². The number of amides is 2. The van der Waals surface area contributed by atoms with Crippen LogP contribution in [0.1, 0.15) is 44.8 Å². The molecular weight excluding hydrogens is 276 g/mol. The third-order valence-corrected chi connectivity index (χ3v) is 4.41. The van der Waals surface area contributed by atoms with Gasteiger partial charge in [-0.3, -0.25) is 0 Å². The van der Waals surface area contributed by atoms with Gasteiger partial charge < -0.3 is 15.3 Å². The highest BCUT2D eigenvalue weighted by Gasteiger charge is 2.28. The molecule has 1 atom stereocenters. The summed E-state index contributed by atoms with van der Waals surface area (Å²) in [7, 11) is 0. The Hall–Kier alpha value is -1.55. The molecule has 0 spiro atoms. The van der Waals surface area contributed by atoms with Gasteiger partial charge in [-0.15, -0.1) is 0 Å². The predicted molar refractivity (Wildman–Crippen MR) is 88.6 cm³/mol. The molecule has 2 rings (SSSR count). The molecule has 1 aromatic rings. The summed E-state index contributed by atoms with van der Waals surface area (Å²) in [6, 6.07) is 9.84. The van der Waals surface area contributed by atoms with Gasteiger partial charge in [-0.05, 0) is 36.7 Å². The molecule has 0 bridgehead atoms. The fraction of sp³-hybridized carbons (Fsp3) is 0.611. The van der Waals surface area contributed by atoms with Gasteiger partial charge in [0.15, 0.2) is 0 Å². The average Bonchev–Trinajstić information content (AvgIpc) is 2.54. The Morgan fingerprint density at radius 3 is 2.50 bits per heavy atom. The quantitative estimate of drug-likeness (QED) is 0.878. The number of aliphatic hydroxyl groups is 1. The molecule has 4 nitrogen and oxygen atoms in total. The summed E-state index contributed by atoms with van der Waals surface area (Å²) >= 11 is 0. The van der Waals surface area contributed by atoms with Crippen LogP contribution in [0, 0.1) is 11.8 Å². The summed E-state index contributed by atoms with van der Waals surface area (Å²) in [5, 5.41) is 13.4. The number of rotatable bonds is 5. The van der Waals surface area contributed by atoms with Crippen LogP contribution in [-0.2, 0) is 0 Å². The van der Waals surface area contributed by atoms with Crippen molar-refractivity contribution in [1.29, 1.82) is 0 Å². The summed E-state index contributed by atoms with van der Waals surface area (Å²) in [5.41, 5.74) is 0.974. The fourth-order valence-electron chi connectivity index (χ4n) is 2.92. The van der Waals surface area contributed by atoms with Crippen molar-refractivity contribution in [3.63, 3.8) is 0 Å². The maximum atomic E-state index is 12.1. The van der Waals surface area contributed by atoms with Crippen molar-refractivity contribution in [2.24, 2.45) is 11.8 Å². The number of piperidine rings is 1. The second kappa shape index (κ2) is 8.18. The third-order valence-electron chi connectivity index (χ3n) is 4.41. The summed E-state index contributed by atoms with van der Waals surface area (Å²) in [4.78, 5) is 13.9. The molecule has 0 aliphatic carbocycles. The van der Waals surface area contributed by atoms with E-state index in [1.54, 1.807) is 0 Å². The Kier molecular flexibility index (Phi) is 6.25. The van der Waals surface area contributed by atoms with E-state index < -0.39 is 6.10 Å². The van der Waals surface area contributed by atoms with Crippen molar-refractivity contribution in [2.75, 3.05) is 19.6 Å². The SMILES string of the molecule is CC(C)CCNC(=O)N1CCC(C(O)c2ccccc2)CC1. The molecule has 22 heavy (non-hydrogen) atoms. The van der Waals surface area contributed by atoms with Crippen molar-refractivity contribution in [2.45, 2.75) is 39.2 Å². The third kappa shape index (κ3) is 4.73. The van der Waals surface area contributed by atoms with Gasteiger partial charge in [-0.2, -0.15) is 0 Å². The molecule has 122 valence electrons. The highest BCUT2D eigenvalue weighted by atomic mass is 16.3. The standard InChI is InChI=1S/C18H28N2O2/c1-14(2)8-11-19-18(22)20-12-9-16(10-13-20)17(21)15-6-4-3-5-7-15/h3-7,14,16-17,21H,8-13H2,1-2H3,(H,19,22). The number of carbonyl (C=O) groups excluding carboxylic acids is 1. The highest BCUT2D eigenvalue weighted by molar-refractivity contribution is 5.74. The van der Waals surface area contributed by atoms with Crippen molar-refractivity contribution >= 4 is 6.03 Å². The highest BCUT2D eigenvalue weighted by Crippen LogP contribution is 2.30. The van der Waals surface area contributed by atoms with E-state index in [9.17, 15) is 9.90 Å². The Balaban J connectivity index is 1.77. The normalized spacial score (nSPS) is 17.5. The van der Waals surface area contributed by atoms with Crippen molar-refractivity contribution in [1.82, 2.24) is 10.2 Å². The average molecular weight is 304 g/mol. The number of likely N-dealkylation sites (tertiary alicyclic amines) is 1. The molecular formula is C18H28N2O2. The van der Waals surface area contributed by atoms with Gasteiger partial charge >= 0.3 is 6.03 Å². The number of aliphatic hydroxyl groups excluding tert-OH is 1. The molecule has 4 heteroatoms. The number of nitrogens with one attached hydrogen (secondary N) is 1. The Bertz CT molecular complexity index is 453. The van der Waals surface area contributed by atoms with E-state index in [4.69, 9.17) is 0 Å². The Morgan fingerprint density at radius 1 is 1.27 bits per heavy atom. The zero-order valence-corrected chi connectivity index (χ0v) is 13.7. The van der Waals surface area contributed by atoms with Crippen LogP contribution in [0.15, 0.2) is 30.3 Å². The van der Waals surface area contributed by atoms with E-state index in [1.165, 1.54) is 0 Å². The molecule has 1 aliphatic heterocycles. The minimum absolute atomic E-state index is 0.0355. The smallest absolute Gasteiger partial charge is 0.317 e. The van der Waals surface area contributed by atoms with Crippen LogP contribution in [0.4, 0.5) is 4.79 Å².